The topological polar surface area (TPSA) is 74.6 Å². The summed E-state index contributed by atoms with van der Waals surface area (Å²) < 4.78 is 97.4. The fraction of sp³-hybridized carbons (Fsp3) is 0.231. The first-order valence-corrected chi connectivity index (χ1v) is 15.4. The van der Waals surface area contributed by atoms with Crippen LogP contribution in [0.1, 0.15) is 11.1 Å². The van der Waals surface area contributed by atoms with E-state index in [1.807, 2.05) is 0 Å². The molecule has 40 heavy (non-hydrogen) atoms. The Morgan fingerprint density at radius 2 is 1.73 bits per heavy atom. The zero-order valence-corrected chi connectivity index (χ0v) is 22.8. The normalized spacial score (nSPS) is 16.9. The van der Waals surface area contributed by atoms with E-state index in [4.69, 9.17) is 20.8 Å². The lowest BCUT2D eigenvalue weighted by molar-refractivity contribution is -0.251. The molecule has 0 bridgehead atoms. The number of benzene rings is 3. The quantitative estimate of drug-likeness (QED) is 0.238. The van der Waals surface area contributed by atoms with Gasteiger partial charge in [0.05, 0.1) is 22.9 Å². The molecule has 14 heteroatoms. The van der Waals surface area contributed by atoms with Crippen LogP contribution in [-0.4, -0.2) is 27.1 Å². The average molecular weight is 600 g/mol. The van der Waals surface area contributed by atoms with Gasteiger partial charge < -0.3 is 14.5 Å². The minimum atomic E-state index is -5.04. The molecule has 0 saturated carbocycles. The highest BCUT2D eigenvalue weighted by molar-refractivity contribution is 6.69. The molecule has 1 aliphatic rings. The van der Waals surface area contributed by atoms with E-state index < -0.39 is 67.0 Å². The van der Waals surface area contributed by atoms with Gasteiger partial charge in [0, 0.05) is 11.6 Å². The van der Waals surface area contributed by atoms with Crippen LogP contribution in [0.4, 0.5) is 42.5 Å². The van der Waals surface area contributed by atoms with E-state index in [0.29, 0.717) is 11.0 Å². The van der Waals surface area contributed by atoms with Crippen LogP contribution >= 0.6 is 11.6 Å². The molecule has 210 valence electrons. The Hall–Kier alpha value is -3.73. The molecule has 1 atom stereocenters. The lowest BCUT2D eigenvalue weighted by atomic mass is 9.95. The molecule has 0 aliphatic carbocycles. The Morgan fingerprint density at radius 3 is 2.35 bits per heavy atom. The third-order valence-corrected chi connectivity index (χ3v) is 7.09. The van der Waals surface area contributed by atoms with Crippen LogP contribution in [-0.2, 0) is 10.0 Å². The molecule has 3 aromatic rings. The predicted octanol–water partition coefficient (Wildman–Crippen LogP) is 8.08. The van der Waals surface area contributed by atoms with Crippen LogP contribution in [0.2, 0.25) is 24.7 Å². The molecule has 6 nitrogen and oxygen atoms in total. The van der Waals surface area contributed by atoms with E-state index in [1.54, 1.807) is 6.07 Å². The summed E-state index contributed by atoms with van der Waals surface area (Å²) in [6, 6.07) is 7.87. The van der Waals surface area contributed by atoms with Crippen molar-refractivity contribution < 1.29 is 40.3 Å². The maximum atomic E-state index is 14.6. The lowest BCUT2D eigenvalue weighted by Gasteiger charge is -2.38. The molecule has 3 aromatic carbocycles. The van der Waals surface area contributed by atoms with Crippen LogP contribution in [0.15, 0.2) is 48.5 Å². The Morgan fingerprint density at radius 1 is 1.07 bits per heavy atom. The van der Waals surface area contributed by atoms with Crippen molar-refractivity contribution in [1.82, 2.24) is 0 Å². The second-order valence-electron chi connectivity index (χ2n) is 9.80. The van der Waals surface area contributed by atoms with Gasteiger partial charge in [-0.15, -0.1) is 0 Å². The minimum absolute atomic E-state index is 0.110. The summed E-state index contributed by atoms with van der Waals surface area (Å²) in [5.74, 6) is -3.67. The fourth-order valence-electron chi connectivity index (χ4n) is 4.27. The Labute approximate surface area is 230 Å². The molecule has 1 aliphatic heterocycles. The van der Waals surface area contributed by atoms with Crippen molar-refractivity contribution in [2.45, 2.75) is 31.4 Å². The molecular weight excluding hydrogens is 580 g/mol. The SMILES string of the molecule is C[Si](C)(C)OC1(C(F)(F)F)CN(C(=O)Nc2ccc(F)c(C#N)c2Oc2cc(F)ccc2Cl)c2ccc(F)cc21. The number of anilines is 2. The van der Waals surface area contributed by atoms with Gasteiger partial charge in [0.1, 0.15) is 34.8 Å². The molecule has 1 heterocycles. The van der Waals surface area contributed by atoms with Crippen molar-refractivity contribution in [3.63, 3.8) is 0 Å². The molecule has 0 fully saturated rings. The zero-order chi connectivity index (χ0) is 29.6. The van der Waals surface area contributed by atoms with Gasteiger partial charge in [-0.2, -0.15) is 18.4 Å². The zero-order valence-electron chi connectivity index (χ0n) is 21.1. The van der Waals surface area contributed by atoms with Gasteiger partial charge in [-0.05, 0) is 62.1 Å². The number of rotatable bonds is 5. The fourth-order valence-corrected chi connectivity index (χ4v) is 5.76. The molecule has 0 aromatic heterocycles. The van der Waals surface area contributed by atoms with E-state index in [2.05, 4.69) is 5.32 Å². The summed E-state index contributed by atoms with van der Waals surface area (Å²) in [5.41, 5.74) is -4.90. The van der Waals surface area contributed by atoms with E-state index in [9.17, 15) is 36.4 Å². The highest BCUT2D eigenvalue weighted by atomic mass is 35.5. The van der Waals surface area contributed by atoms with Crippen molar-refractivity contribution in [3.05, 3.63) is 82.1 Å². The maximum absolute atomic E-state index is 14.6. The second kappa shape index (κ2) is 10.3. The standard InChI is InChI=1S/C26H20ClF6N3O3Si/c1-40(2,3)39-25(26(31,32)33)13-36(21-9-5-14(28)10-17(21)25)24(37)35-20-8-7-19(30)16(12-34)23(20)38-22-11-15(29)4-6-18(22)27/h4-11H,13H2,1-3H3,(H,35,37). The Kier molecular flexibility index (Phi) is 7.57. The number of nitrogens with one attached hydrogen (secondary N) is 1. The molecule has 0 spiro atoms. The number of fused-ring (bicyclic) bond motifs is 1. The third kappa shape index (κ3) is 5.47. The number of carbonyl (C=O) groups is 1. The number of urea groups is 1. The monoisotopic (exact) mass is 599 g/mol. The average Bonchev–Trinajstić information content (AvgIpc) is 3.16. The number of carbonyl (C=O) groups excluding carboxylic acids is 1. The van der Waals surface area contributed by atoms with Gasteiger partial charge in [-0.25, -0.2) is 18.0 Å². The Bertz CT molecular complexity index is 1540. The molecule has 0 saturated heterocycles. The van der Waals surface area contributed by atoms with Gasteiger partial charge in [-0.1, -0.05) is 11.6 Å². The summed E-state index contributed by atoms with van der Waals surface area (Å²) in [5, 5.41) is 11.7. The molecule has 0 radical (unpaired) electrons. The van der Waals surface area contributed by atoms with Crippen molar-refractivity contribution >= 4 is 37.3 Å². The van der Waals surface area contributed by atoms with E-state index in [-0.39, 0.29) is 22.1 Å². The van der Waals surface area contributed by atoms with Crippen molar-refractivity contribution in [3.8, 4) is 17.6 Å². The predicted molar refractivity (Wildman–Crippen MR) is 138 cm³/mol. The smallest absolute Gasteiger partial charge is 0.422 e. The molecular formula is C26H20ClF6N3O3Si. The van der Waals surface area contributed by atoms with E-state index in [0.717, 1.165) is 42.5 Å². The maximum Gasteiger partial charge on any atom is 0.422 e. The largest absolute Gasteiger partial charge is 0.452 e. The minimum Gasteiger partial charge on any atom is -0.452 e. The lowest BCUT2D eigenvalue weighted by Crippen LogP contribution is -2.54. The van der Waals surface area contributed by atoms with Gasteiger partial charge in [0.25, 0.3) is 0 Å². The van der Waals surface area contributed by atoms with Crippen LogP contribution in [0.5, 0.6) is 11.5 Å². The van der Waals surface area contributed by atoms with Crippen molar-refractivity contribution in [2.75, 3.05) is 16.8 Å². The first-order valence-electron chi connectivity index (χ1n) is 11.6. The number of hydrogen-bond acceptors (Lipinski definition) is 4. The van der Waals surface area contributed by atoms with Gasteiger partial charge in [0.15, 0.2) is 19.7 Å². The first-order chi connectivity index (χ1) is 18.6. The Balaban J connectivity index is 1.79. The van der Waals surface area contributed by atoms with E-state index in [1.165, 1.54) is 19.6 Å². The summed E-state index contributed by atoms with van der Waals surface area (Å²) in [6.45, 7) is 3.51. The summed E-state index contributed by atoms with van der Waals surface area (Å²) in [7, 11) is -2.95. The van der Waals surface area contributed by atoms with Gasteiger partial charge in [-0.3, -0.25) is 4.90 Å². The third-order valence-electron chi connectivity index (χ3n) is 5.81. The van der Waals surface area contributed by atoms with Crippen LogP contribution < -0.4 is 15.0 Å². The summed E-state index contributed by atoms with van der Waals surface area (Å²) in [4.78, 5) is 14.1. The second-order valence-corrected chi connectivity index (χ2v) is 14.6. The number of alkyl halides is 3. The van der Waals surface area contributed by atoms with Crippen LogP contribution in [0.3, 0.4) is 0 Å². The number of amides is 2. The van der Waals surface area contributed by atoms with E-state index >= 15 is 0 Å². The van der Waals surface area contributed by atoms with Crippen LogP contribution in [0, 0.1) is 28.8 Å². The number of nitrogens with zero attached hydrogens (tertiary/aromatic N) is 2. The van der Waals surface area contributed by atoms with Crippen molar-refractivity contribution in [1.29, 1.82) is 5.26 Å². The summed E-state index contributed by atoms with van der Waals surface area (Å²) in [6.07, 6.45) is -5.04. The highest BCUT2D eigenvalue weighted by Gasteiger charge is 2.64. The van der Waals surface area contributed by atoms with Gasteiger partial charge in [0.2, 0.25) is 0 Å². The van der Waals surface area contributed by atoms with Gasteiger partial charge >= 0.3 is 12.2 Å². The summed E-state index contributed by atoms with van der Waals surface area (Å²) >= 11 is 6.03. The molecule has 4 rings (SSSR count). The number of hydrogen-bond donors (Lipinski definition) is 1. The number of halogens is 7. The van der Waals surface area contributed by atoms with Crippen molar-refractivity contribution in [2.24, 2.45) is 0 Å². The molecule has 2 amide bonds. The first kappa shape index (κ1) is 29.3. The molecule has 1 unspecified atom stereocenters. The highest BCUT2D eigenvalue weighted by Crippen LogP contribution is 2.53. The number of nitriles is 1. The molecule has 1 N–H and O–H groups in total. The van der Waals surface area contributed by atoms with Crippen LogP contribution in [0.25, 0.3) is 0 Å². The number of ether oxygens (including phenoxy) is 1.